The lowest BCUT2D eigenvalue weighted by atomic mass is 9.90. The van der Waals surface area contributed by atoms with Crippen molar-refractivity contribution < 1.29 is 5.11 Å². The van der Waals surface area contributed by atoms with Crippen LogP contribution in [0.1, 0.15) is 12.0 Å². The van der Waals surface area contributed by atoms with Gasteiger partial charge in [0.15, 0.2) is 0 Å². The van der Waals surface area contributed by atoms with Gasteiger partial charge < -0.3 is 10.8 Å². The molecule has 0 aliphatic rings. The molecule has 1 unspecified atom stereocenters. The zero-order valence-corrected chi connectivity index (χ0v) is 12.7. The van der Waals surface area contributed by atoms with Gasteiger partial charge in [-0.1, -0.05) is 41.5 Å². The molecule has 2 aromatic rings. The van der Waals surface area contributed by atoms with Crippen LogP contribution in [0.5, 0.6) is 0 Å². The van der Waals surface area contributed by atoms with Crippen molar-refractivity contribution in [2.45, 2.75) is 18.6 Å². The number of halogens is 2. The maximum Gasteiger partial charge on any atom is 0.137 e. The summed E-state index contributed by atoms with van der Waals surface area (Å²) in [6.45, 7) is 0.131. The van der Waals surface area contributed by atoms with Crippen LogP contribution < -0.4 is 5.73 Å². The molecule has 0 saturated carbocycles. The average molecular weight is 331 g/mol. The molecule has 0 saturated heterocycles. The highest BCUT2D eigenvalue weighted by Gasteiger charge is 2.33. The van der Waals surface area contributed by atoms with Crippen molar-refractivity contribution in [3.05, 3.63) is 46.5 Å². The van der Waals surface area contributed by atoms with Crippen molar-refractivity contribution in [2.24, 2.45) is 5.73 Å². The van der Waals surface area contributed by atoms with Crippen LogP contribution in [0.15, 0.2) is 30.9 Å². The van der Waals surface area contributed by atoms with E-state index in [1.54, 1.807) is 18.2 Å². The fraction of sp³-hybridized carbons (Fsp3) is 0.250. The summed E-state index contributed by atoms with van der Waals surface area (Å²) in [6.07, 6.45) is 2.95. The van der Waals surface area contributed by atoms with Crippen LogP contribution >= 0.6 is 35.4 Å². The van der Waals surface area contributed by atoms with Gasteiger partial charge in [0, 0.05) is 22.0 Å². The van der Waals surface area contributed by atoms with E-state index in [1.807, 2.05) is 0 Å². The molecule has 1 heterocycles. The normalized spacial score (nSPS) is 13.9. The minimum Gasteiger partial charge on any atom is -0.393 e. The molecule has 3 N–H and O–H groups in total. The molecule has 2 rings (SSSR count). The second-order valence-corrected chi connectivity index (χ2v) is 5.76. The fourth-order valence-corrected chi connectivity index (χ4v) is 2.80. The van der Waals surface area contributed by atoms with Crippen LogP contribution in [0.3, 0.4) is 0 Å². The van der Waals surface area contributed by atoms with Crippen LogP contribution in [0.2, 0.25) is 10.0 Å². The number of rotatable bonds is 5. The maximum atomic E-state index is 10.9. The lowest BCUT2D eigenvalue weighted by Crippen LogP contribution is -2.36. The Kier molecular flexibility index (Phi) is 4.59. The SMILES string of the molecule is NC(=S)CC(O)(Cn1cncn1)c1ccc(Cl)cc1Cl. The van der Waals surface area contributed by atoms with Gasteiger partial charge in [-0.2, -0.15) is 5.10 Å². The van der Waals surface area contributed by atoms with Crippen molar-refractivity contribution in [1.29, 1.82) is 0 Å². The van der Waals surface area contributed by atoms with Crippen molar-refractivity contribution in [3.63, 3.8) is 0 Å². The summed E-state index contributed by atoms with van der Waals surface area (Å²) in [7, 11) is 0. The van der Waals surface area contributed by atoms with E-state index in [4.69, 9.17) is 41.2 Å². The quantitative estimate of drug-likeness (QED) is 0.821. The van der Waals surface area contributed by atoms with Crippen LogP contribution in [-0.2, 0) is 12.1 Å². The van der Waals surface area contributed by atoms with Crippen LogP contribution in [0.4, 0.5) is 0 Å². The number of benzene rings is 1. The molecular formula is C12H12Cl2N4OS. The Labute approximate surface area is 131 Å². The molecule has 1 atom stereocenters. The van der Waals surface area contributed by atoms with E-state index in [0.717, 1.165) is 0 Å². The molecule has 1 aromatic heterocycles. The molecule has 20 heavy (non-hydrogen) atoms. The van der Waals surface area contributed by atoms with Gasteiger partial charge in [0.1, 0.15) is 18.3 Å². The summed E-state index contributed by atoms with van der Waals surface area (Å²) in [5, 5.41) is 15.7. The van der Waals surface area contributed by atoms with Gasteiger partial charge in [-0.25, -0.2) is 9.67 Å². The predicted octanol–water partition coefficient (Wildman–Crippen LogP) is 2.15. The first kappa shape index (κ1) is 15.2. The molecule has 0 aliphatic carbocycles. The Morgan fingerprint density at radius 1 is 1.45 bits per heavy atom. The molecule has 0 aliphatic heterocycles. The first-order valence-corrected chi connectivity index (χ1v) is 6.86. The zero-order valence-electron chi connectivity index (χ0n) is 10.3. The standard InChI is InChI=1S/C12H12Cl2N4OS/c13-8-1-2-9(10(14)3-8)12(19,4-11(15)20)5-18-7-16-6-17-18/h1-3,6-7,19H,4-5H2,(H2,15,20). The van der Waals surface area contributed by atoms with Gasteiger partial charge in [-0.3, -0.25) is 0 Å². The molecule has 0 radical (unpaired) electrons. The lowest BCUT2D eigenvalue weighted by Gasteiger charge is -2.29. The molecular weight excluding hydrogens is 319 g/mol. The molecule has 0 fully saturated rings. The predicted molar refractivity (Wildman–Crippen MR) is 81.8 cm³/mol. The molecule has 8 heteroatoms. The summed E-state index contributed by atoms with van der Waals surface area (Å²) in [6, 6.07) is 4.86. The van der Waals surface area contributed by atoms with Crippen LogP contribution in [0, 0.1) is 0 Å². The lowest BCUT2D eigenvalue weighted by molar-refractivity contribution is 0.0225. The Morgan fingerprint density at radius 3 is 2.75 bits per heavy atom. The second kappa shape index (κ2) is 6.05. The Balaban J connectivity index is 2.42. The number of aliphatic hydroxyl groups is 1. The van der Waals surface area contributed by atoms with Crippen LogP contribution in [-0.4, -0.2) is 24.9 Å². The largest absolute Gasteiger partial charge is 0.393 e. The summed E-state index contributed by atoms with van der Waals surface area (Å²) < 4.78 is 1.49. The number of hydrogen-bond acceptors (Lipinski definition) is 4. The van der Waals surface area contributed by atoms with Gasteiger partial charge in [-0.05, 0) is 12.1 Å². The minimum absolute atomic E-state index is 0.0730. The number of nitrogens with zero attached hydrogens (tertiary/aromatic N) is 3. The molecule has 106 valence electrons. The highest BCUT2D eigenvalue weighted by atomic mass is 35.5. The number of thiocarbonyl (C=S) groups is 1. The third-order valence-electron chi connectivity index (χ3n) is 2.79. The Bertz CT molecular complexity index is 620. The van der Waals surface area contributed by atoms with E-state index in [1.165, 1.54) is 17.3 Å². The monoisotopic (exact) mass is 330 g/mol. The first-order valence-electron chi connectivity index (χ1n) is 5.69. The highest BCUT2D eigenvalue weighted by Crippen LogP contribution is 2.34. The molecule has 5 nitrogen and oxygen atoms in total. The van der Waals surface area contributed by atoms with E-state index >= 15 is 0 Å². The summed E-state index contributed by atoms with van der Waals surface area (Å²) in [5.74, 6) is 0. The topological polar surface area (TPSA) is 77.0 Å². The molecule has 0 spiro atoms. The highest BCUT2D eigenvalue weighted by molar-refractivity contribution is 7.80. The van der Waals surface area contributed by atoms with Gasteiger partial charge in [0.25, 0.3) is 0 Å². The van der Waals surface area contributed by atoms with Gasteiger partial charge in [-0.15, -0.1) is 0 Å². The second-order valence-electron chi connectivity index (χ2n) is 4.39. The van der Waals surface area contributed by atoms with Gasteiger partial charge in [0.05, 0.1) is 11.5 Å². The number of aromatic nitrogens is 3. The van der Waals surface area contributed by atoms with Crippen LogP contribution in [0.25, 0.3) is 0 Å². The Hall–Kier alpha value is -1.21. The van der Waals surface area contributed by atoms with Gasteiger partial charge >= 0.3 is 0 Å². The van der Waals surface area contributed by atoms with E-state index in [9.17, 15) is 5.11 Å². The average Bonchev–Trinajstić information content (AvgIpc) is 2.79. The number of nitrogens with two attached hydrogens (primary N) is 1. The summed E-state index contributed by atoms with van der Waals surface area (Å²) in [5.41, 5.74) is 4.70. The van der Waals surface area contributed by atoms with Crippen molar-refractivity contribution in [2.75, 3.05) is 0 Å². The summed E-state index contributed by atoms with van der Waals surface area (Å²) in [4.78, 5) is 4.02. The molecule has 1 aromatic carbocycles. The van der Waals surface area contributed by atoms with E-state index in [2.05, 4.69) is 10.1 Å². The van der Waals surface area contributed by atoms with Crippen molar-refractivity contribution >= 4 is 40.4 Å². The minimum atomic E-state index is -1.37. The van der Waals surface area contributed by atoms with Gasteiger partial charge in [0.2, 0.25) is 0 Å². The van der Waals surface area contributed by atoms with E-state index < -0.39 is 5.60 Å². The molecule has 0 bridgehead atoms. The smallest absolute Gasteiger partial charge is 0.137 e. The third-order valence-corrected chi connectivity index (χ3v) is 3.48. The zero-order chi connectivity index (χ0) is 14.8. The third kappa shape index (κ3) is 3.46. The summed E-state index contributed by atoms with van der Waals surface area (Å²) >= 11 is 16.9. The van der Waals surface area contributed by atoms with E-state index in [0.29, 0.717) is 15.6 Å². The number of hydrogen-bond donors (Lipinski definition) is 2. The van der Waals surface area contributed by atoms with E-state index in [-0.39, 0.29) is 18.0 Å². The molecule has 0 amide bonds. The maximum absolute atomic E-state index is 10.9. The van der Waals surface area contributed by atoms with Crippen molar-refractivity contribution in [3.8, 4) is 0 Å². The first-order chi connectivity index (χ1) is 9.40. The fourth-order valence-electron chi connectivity index (χ4n) is 1.97. The Morgan fingerprint density at radius 2 is 2.20 bits per heavy atom. The van der Waals surface area contributed by atoms with Crippen molar-refractivity contribution in [1.82, 2.24) is 14.8 Å².